The van der Waals surface area contributed by atoms with Crippen LogP contribution in [0.3, 0.4) is 0 Å². The van der Waals surface area contributed by atoms with Crippen molar-refractivity contribution in [1.29, 1.82) is 0 Å². The van der Waals surface area contributed by atoms with Gasteiger partial charge in [-0.15, -0.1) is 0 Å². The van der Waals surface area contributed by atoms with Crippen molar-refractivity contribution in [3.8, 4) is 0 Å². The highest BCUT2D eigenvalue weighted by Gasteiger charge is 2.24. The summed E-state index contributed by atoms with van der Waals surface area (Å²) < 4.78 is 5.85. The second kappa shape index (κ2) is 7.53. The molecule has 3 aromatic rings. The van der Waals surface area contributed by atoms with Crippen molar-refractivity contribution in [3.05, 3.63) is 65.2 Å². The predicted octanol–water partition coefficient (Wildman–Crippen LogP) is 3.84. The maximum atomic E-state index is 12.7. The van der Waals surface area contributed by atoms with Gasteiger partial charge in [-0.3, -0.25) is 14.7 Å². The third-order valence-electron chi connectivity index (χ3n) is 5.35. The number of hydrogen-bond donors (Lipinski definition) is 1. The van der Waals surface area contributed by atoms with Crippen LogP contribution < -0.4 is 5.32 Å². The maximum absolute atomic E-state index is 12.7. The number of benzene rings is 1. The molecule has 5 heteroatoms. The fourth-order valence-electron chi connectivity index (χ4n) is 3.79. The van der Waals surface area contributed by atoms with E-state index in [9.17, 15) is 4.79 Å². The molecule has 1 N–H and O–H groups in total. The fourth-order valence-corrected chi connectivity index (χ4v) is 3.79. The summed E-state index contributed by atoms with van der Waals surface area (Å²) in [5.74, 6) is 0.334. The summed E-state index contributed by atoms with van der Waals surface area (Å²) in [7, 11) is 0. The zero-order valence-corrected chi connectivity index (χ0v) is 15.9. The van der Waals surface area contributed by atoms with E-state index in [2.05, 4.69) is 21.3 Å². The van der Waals surface area contributed by atoms with E-state index in [1.165, 1.54) is 5.56 Å². The van der Waals surface area contributed by atoms with Crippen molar-refractivity contribution in [2.75, 3.05) is 13.1 Å². The van der Waals surface area contributed by atoms with Gasteiger partial charge in [-0.25, -0.2) is 0 Å². The molecular formula is C22H25N3O2. The molecule has 27 heavy (non-hydrogen) atoms. The second-order valence-corrected chi connectivity index (χ2v) is 7.44. The molecule has 1 saturated heterocycles. The van der Waals surface area contributed by atoms with Crippen LogP contribution in [0, 0.1) is 13.8 Å². The van der Waals surface area contributed by atoms with E-state index in [0.29, 0.717) is 5.76 Å². The molecule has 0 saturated carbocycles. The molecule has 0 bridgehead atoms. The van der Waals surface area contributed by atoms with E-state index in [1.54, 1.807) is 6.20 Å². The Balaban J connectivity index is 1.36. The standard InChI is InChI=1S/C22H25N3O2/c1-15-5-6-19-16(2)21(27-20(19)12-15)22(26)24-18-7-10-25(11-8-18)14-17-4-3-9-23-13-17/h3-6,9,12-13,18H,7-8,10-11,14H2,1-2H3,(H,24,26). The molecule has 1 amide bonds. The van der Waals surface area contributed by atoms with Crippen LogP contribution in [-0.2, 0) is 6.54 Å². The lowest BCUT2D eigenvalue weighted by Crippen LogP contribution is -2.44. The molecule has 0 aliphatic carbocycles. The van der Waals surface area contributed by atoms with Crippen LogP contribution in [0.25, 0.3) is 11.0 Å². The highest BCUT2D eigenvalue weighted by atomic mass is 16.3. The van der Waals surface area contributed by atoms with Gasteiger partial charge in [0.2, 0.25) is 0 Å². The number of aromatic nitrogens is 1. The average molecular weight is 363 g/mol. The lowest BCUT2D eigenvalue weighted by atomic mass is 10.0. The van der Waals surface area contributed by atoms with E-state index in [-0.39, 0.29) is 11.9 Å². The normalized spacial score (nSPS) is 15.9. The quantitative estimate of drug-likeness (QED) is 0.765. The van der Waals surface area contributed by atoms with E-state index in [4.69, 9.17) is 4.42 Å². The summed E-state index contributed by atoms with van der Waals surface area (Å²) in [6.07, 6.45) is 5.61. The average Bonchev–Trinajstić information content (AvgIpc) is 3.00. The van der Waals surface area contributed by atoms with E-state index in [1.807, 2.05) is 44.3 Å². The van der Waals surface area contributed by atoms with Crippen molar-refractivity contribution in [2.45, 2.75) is 39.3 Å². The van der Waals surface area contributed by atoms with Crippen LogP contribution in [-0.4, -0.2) is 34.9 Å². The number of carbonyl (C=O) groups excluding carboxylic acids is 1. The Morgan fingerprint density at radius 2 is 2.07 bits per heavy atom. The monoisotopic (exact) mass is 363 g/mol. The summed E-state index contributed by atoms with van der Waals surface area (Å²) in [5.41, 5.74) is 4.05. The van der Waals surface area contributed by atoms with E-state index >= 15 is 0 Å². The minimum Gasteiger partial charge on any atom is -0.451 e. The highest BCUT2D eigenvalue weighted by Crippen LogP contribution is 2.26. The number of rotatable bonds is 4. The lowest BCUT2D eigenvalue weighted by molar-refractivity contribution is 0.0882. The number of carbonyl (C=O) groups is 1. The third kappa shape index (κ3) is 3.88. The number of aryl methyl sites for hydroxylation is 2. The number of fused-ring (bicyclic) bond motifs is 1. The first-order valence-electron chi connectivity index (χ1n) is 9.52. The molecule has 4 rings (SSSR count). The third-order valence-corrected chi connectivity index (χ3v) is 5.35. The van der Waals surface area contributed by atoms with Gasteiger partial charge in [0.05, 0.1) is 0 Å². The predicted molar refractivity (Wildman–Crippen MR) is 106 cm³/mol. The van der Waals surface area contributed by atoms with Gasteiger partial charge in [0, 0.05) is 49.0 Å². The molecule has 0 unspecified atom stereocenters. The van der Waals surface area contributed by atoms with Gasteiger partial charge < -0.3 is 9.73 Å². The van der Waals surface area contributed by atoms with Crippen molar-refractivity contribution in [3.63, 3.8) is 0 Å². The largest absolute Gasteiger partial charge is 0.451 e. The molecule has 2 aromatic heterocycles. The number of piperidine rings is 1. The summed E-state index contributed by atoms with van der Waals surface area (Å²) >= 11 is 0. The molecule has 0 radical (unpaired) electrons. The van der Waals surface area contributed by atoms with Gasteiger partial charge in [-0.2, -0.15) is 0 Å². The van der Waals surface area contributed by atoms with Crippen LogP contribution in [0.4, 0.5) is 0 Å². The number of furan rings is 1. The number of likely N-dealkylation sites (tertiary alicyclic amines) is 1. The summed E-state index contributed by atoms with van der Waals surface area (Å²) in [6, 6.07) is 10.3. The minimum absolute atomic E-state index is 0.105. The summed E-state index contributed by atoms with van der Waals surface area (Å²) in [4.78, 5) is 19.3. The van der Waals surface area contributed by atoms with Gasteiger partial charge in [-0.1, -0.05) is 18.2 Å². The summed E-state index contributed by atoms with van der Waals surface area (Å²) in [5, 5.41) is 4.18. The molecule has 1 aliphatic rings. The molecule has 3 heterocycles. The van der Waals surface area contributed by atoms with Gasteiger partial charge in [0.15, 0.2) is 5.76 Å². The molecule has 1 aromatic carbocycles. The molecule has 0 spiro atoms. The first-order chi connectivity index (χ1) is 13.1. The smallest absolute Gasteiger partial charge is 0.287 e. The first-order valence-corrected chi connectivity index (χ1v) is 9.52. The van der Waals surface area contributed by atoms with Crippen LogP contribution in [0.2, 0.25) is 0 Å². The molecular weight excluding hydrogens is 338 g/mol. The Morgan fingerprint density at radius 1 is 1.26 bits per heavy atom. The van der Waals surface area contributed by atoms with Crippen molar-refractivity contribution < 1.29 is 9.21 Å². The van der Waals surface area contributed by atoms with Gasteiger partial charge >= 0.3 is 0 Å². The summed E-state index contributed by atoms with van der Waals surface area (Å²) in [6.45, 7) is 6.83. The van der Waals surface area contributed by atoms with Crippen LogP contribution in [0.15, 0.2) is 47.1 Å². The van der Waals surface area contributed by atoms with E-state index < -0.39 is 0 Å². The SMILES string of the molecule is Cc1ccc2c(C)c(C(=O)NC3CCN(Cc4cccnc4)CC3)oc2c1. The molecule has 5 nitrogen and oxygen atoms in total. The van der Waals surface area contributed by atoms with Gasteiger partial charge in [-0.05, 0) is 49.9 Å². The van der Waals surface area contributed by atoms with Gasteiger partial charge in [0.25, 0.3) is 5.91 Å². The van der Waals surface area contributed by atoms with Crippen molar-refractivity contribution in [2.24, 2.45) is 0 Å². The van der Waals surface area contributed by atoms with Crippen LogP contribution in [0.1, 0.15) is 40.1 Å². The Morgan fingerprint density at radius 3 is 2.81 bits per heavy atom. The number of amides is 1. The van der Waals surface area contributed by atoms with E-state index in [0.717, 1.165) is 54.6 Å². The Hall–Kier alpha value is -2.66. The highest BCUT2D eigenvalue weighted by molar-refractivity contribution is 5.99. The number of nitrogens with one attached hydrogen (secondary N) is 1. The zero-order chi connectivity index (χ0) is 18.8. The number of hydrogen-bond acceptors (Lipinski definition) is 4. The van der Waals surface area contributed by atoms with Crippen LogP contribution in [0.5, 0.6) is 0 Å². The maximum Gasteiger partial charge on any atom is 0.287 e. The Bertz CT molecular complexity index is 941. The zero-order valence-electron chi connectivity index (χ0n) is 15.9. The lowest BCUT2D eigenvalue weighted by Gasteiger charge is -2.32. The first kappa shape index (κ1) is 17.7. The Labute approximate surface area is 159 Å². The number of pyridine rings is 1. The van der Waals surface area contributed by atoms with Crippen molar-refractivity contribution >= 4 is 16.9 Å². The minimum atomic E-state index is -0.105. The second-order valence-electron chi connectivity index (χ2n) is 7.44. The topological polar surface area (TPSA) is 58.4 Å². The Kier molecular flexibility index (Phi) is 4.94. The molecule has 140 valence electrons. The van der Waals surface area contributed by atoms with Gasteiger partial charge in [0.1, 0.15) is 5.58 Å². The fraction of sp³-hybridized carbons (Fsp3) is 0.364. The van der Waals surface area contributed by atoms with Crippen LogP contribution >= 0.6 is 0 Å². The van der Waals surface area contributed by atoms with Crippen molar-refractivity contribution in [1.82, 2.24) is 15.2 Å². The number of nitrogens with zero attached hydrogens (tertiary/aromatic N) is 2. The molecule has 1 aliphatic heterocycles. The molecule has 0 atom stereocenters. The molecule has 1 fully saturated rings.